The van der Waals surface area contributed by atoms with E-state index >= 15 is 0 Å². The molecular weight excluding hydrogens is 218 g/mol. The number of hydrogen-bond donors (Lipinski definition) is 1. The van der Waals surface area contributed by atoms with Crippen molar-refractivity contribution in [2.24, 2.45) is 5.92 Å². The maximum Gasteiger partial charge on any atom is 0.0406 e. The minimum Gasteiger partial charge on any atom is -0.310 e. The van der Waals surface area contributed by atoms with Crippen LogP contribution in [0.4, 0.5) is 0 Å². The molecule has 2 heteroatoms. The van der Waals surface area contributed by atoms with Gasteiger partial charge in [-0.05, 0) is 49.9 Å². The topological polar surface area (TPSA) is 12.0 Å². The van der Waals surface area contributed by atoms with Gasteiger partial charge in [0, 0.05) is 11.1 Å². The van der Waals surface area contributed by atoms with Crippen LogP contribution in [0.1, 0.15) is 45.2 Å². The van der Waals surface area contributed by atoms with E-state index in [0.29, 0.717) is 6.04 Å². The molecule has 16 heavy (non-hydrogen) atoms. The largest absolute Gasteiger partial charge is 0.310 e. The molecule has 1 aromatic carbocycles. The normalized spacial score (nSPS) is 13.1. The van der Waals surface area contributed by atoms with Crippen molar-refractivity contribution in [1.29, 1.82) is 0 Å². The highest BCUT2D eigenvalue weighted by Crippen LogP contribution is 2.16. The van der Waals surface area contributed by atoms with Crippen molar-refractivity contribution in [3.63, 3.8) is 0 Å². The summed E-state index contributed by atoms with van der Waals surface area (Å²) in [6.07, 6.45) is 2.54. The summed E-state index contributed by atoms with van der Waals surface area (Å²) in [5.41, 5.74) is 1.30. The first-order chi connectivity index (χ1) is 7.59. The van der Waals surface area contributed by atoms with Crippen LogP contribution in [0.15, 0.2) is 24.3 Å². The van der Waals surface area contributed by atoms with Gasteiger partial charge in [-0.1, -0.05) is 37.6 Å². The average Bonchev–Trinajstić information content (AvgIpc) is 2.25. The van der Waals surface area contributed by atoms with Crippen LogP contribution in [0.2, 0.25) is 5.02 Å². The fourth-order valence-electron chi connectivity index (χ4n) is 1.70. The molecule has 1 atom stereocenters. The van der Waals surface area contributed by atoms with Crippen molar-refractivity contribution in [3.8, 4) is 0 Å². The second-order valence-electron chi connectivity index (χ2n) is 4.76. The Kier molecular flexibility index (Phi) is 5.86. The molecule has 0 amide bonds. The fraction of sp³-hybridized carbons (Fsp3) is 0.571. The average molecular weight is 240 g/mol. The van der Waals surface area contributed by atoms with Crippen LogP contribution in [0.3, 0.4) is 0 Å². The summed E-state index contributed by atoms with van der Waals surface area (Å²) in [4.78, 5) is 0. The van der Waals surface area contributed by atoms with Crippen molar-refractivity contribution < 1.29 is 0 Å². The Morgan fingerprint density at radius 3 is 2.31 bits per heavy atom. The Bertz CT molecular complexity index is 292. The van der Waals surface area contributed by atoms with Crippen LogP contribution in [0.25, 0.3) is 0 Å². The third kappa shape index (κ3) is 5.00. The van der Waals surface area contributed by atoms with E-state index in [2.05, 4.69) is 38.2 Å². The summed E-state index contributed by atoms with van der Waals surface area (Å²) in [6.45, 7) is 7.81. The smallest absolute Gasteiger partial charge is 0.0406 e. The Balaban J connectivity index is 2.29. The standard InChI is InChI=1S/C14H22ClN/c1-11(2)5-4-10-16-12(3)13-6-8-14(15)9-7-13/h6-9,11-12,16H,4-5,10H2,1-3H3. The van der Waals surface area contributed by atoms with Crippen LogP contribution in [-0.4, -0.2) is 6.54 Å². The van der Waals surface area contributed by atoms with E-state index in [1.165, 1.54) is 18.4 Å². The Morgan fingerprint density at radius 1 is 1.12 bits per heavy atom. The van der Waals surface area contributed by atoms with Crippen LogP contribution >= 0.6 is 11.6 Å². The minimum absolute atomic E-state index is 0.407. The fourth-order valence-corrected chi connectivity index (χ4v) is 1.82. The third-order valence-corrected chi connectivity index (χ3v) is 3.03. The molecule has 1 aromatic rings. The van der Waals surface area contributed by atoms with Crippen LogP contribution < -0.4 is 5.32 Å². The molecule has 1 nitrogen and oxygen atoms in total. The number of hydrogen-bond acceptors (Lipinski definition) is 1. The second kappa shape index (κ2) is 6.93. The van der Waals surface area contributed by atoms with E-state index < -0.39 is 0 Å². The number of rotatable bonds is 6. The lowest BCUT2D eigenvalue weighted by atomic mass is 10.1. The summed E-state index contributed by atoms with van der Waals surface area (Å²) in [5.74, 6) is 0.799. The van der Waals surface area contributed by atoms with Crippen LogP contribution in [-0.2, 0) is 0 Å². The lowest BCUT2D eigenvalue weighted by molar-refractivity contribution is 0.497. The molecule has 0 heterocycles. The zero-order valence-electron chi connectivity index (χ0n) is 10.5. The molecule has 1 rings (SSSR count). The first kappa shape index (κ1) is 13.5. The molecule has 0 saturated heterocycles. The lowest BCUT2D eigenvalue weighted by Crippen LogP contribution is -2.20. The molecule has 0 aliphatic heterocycles. The number of halogens is 1. The van der Waals surface area contributed by atoms with Gasteiger partial charge in [-0.2, -0.15) is 0 Å². The lowest BCUT2D eigenvalue weighted by Gasteiger charge is -2.14. The van der Waals surface area contributed by atoms with Crippen LogP contribution in [0, 0.1) is 5.92 Å². The van der Waals surface area contributed by atoms with E-state index in [1.807, 2.05) is 12.1 Å². The second-order valence-corrected chi connectivity index (χ2v) is 5.20. The van der Waals surface area contributed by atoms with Crippen molar-refractivity contribution in [2.75, 3.05) is 6.54 Å². The molecular formula is C14H22ClN. The van der Waals surface area contributed by atoms with E-state index in [0.717, 1.165) is 17.5 Å². The van der Waals surface area contributed by atoms with Gasteiger partial charge in [0.25, 0.3) is 0 Å². The van der Waals surface area contributed by atoms with E-state index in [-0.39, 0.29) is 0 Å². The molecule has 0 aliphatic carbocycles. The highest BCUT2D eigenvalue weighted by molar-refractivity contribution is 6.30. The van der Waals surface area contributed by atoms with Gasteiger partial charge in [0.2, 0.25) is 0 Å². The van der Waals surface area contributed by atoms with E-state index in [9.17, 15) is 0 Å². The van der Waals surface area contributed by atoms with Crippen molar-refractivity contribution in [2.45, 2.75) is 39.7 Å². The van der Waals surface area contributed by atoms with Crippen molar-refractivity contribution in [3.05, 3.63) is 34.9 Å². The molecule has 0 fully saturated rings. The van der Waals surface area contributed by atoms with Gasteiger partial charge < -0.3 is 5.32 Å². The van der Waals surface area contributed by atoms with Gasteiger partial charge in [-0.3, -0.25) is 0 Å². The number of nitrogens with one attached hydrogen (secondary N) is 1. The van der Waals surface area contributed by atoms with Gasteiger partial charge in [-0.25, -0.2) is 0 Å². The first-order valence-electron chi connectivity index (χ1n) is 6.08. The SMILES string of the molecule is CC(C)CCCNC(C)c1ccc(Cl)cc1. The molecule has 0 aliphatic rings. The summed E-state index contributed by atoms with van der Waals surface area (Å²) < 4.78 is 0. The predicted molar refractivity (Wildman–Crippen MR) is 71.9 cm³/mol. The molecule has 0 radical (unpaired) electrons. The van der Waals surface area contributed by atoms with Crippen LogP contribution in [0.5, 0.6) is 0 Å². The Hall–Kier alpha value is -0.530. The summed E-state index contributed by atoms with van der Waals surface area (Å²) >= 11 is 5.86. The van der Waals surface area contributed by atoms with E-state index in [1.54, 1.807) is 0 Å². The maximum atomic E-state index is 5.86. The zero-order valence-corrected chi connectivity index (χ0v) is 11.2. The monoisotopic (exact) mass is 239 g/mol. The molecule has 1 N–H and O–H groups in total. The van der Waals surface area contributed by atoms with Gasteiger partial charge >= 0.3 is 0 Å². The molecule has 0 spiro atoms. The first-order valence-corrected chi connectivity index (χ1v) is 6.46. The van der Waals surface area contributed by atoms with Gasteiger partial charge in [0.05, 0.1) is 0 Å². The Morgan fingerprint density at radius 2 is 1.75 bits per heavy atom. The predicted octanol–water partition coefficient (Wildman–Crippen LogP) is 4.43. The zero-order chi connectivity index (χ0) is 12.0. The molecule has 0 aromatic heterocycles. The van der Waals surface area contributed by atoms with Crippen molar-refractivity contribution >= 4 is 11.6 Å². The van der Waals surface area contributed by atoms with Crippen molar-refractivity contribution in [1.82, 2.24) is 5.32 Å². The Labute approximate surface area is 104 Å². The molecule has 1 unspecified atom stereocenters. The highest BCUT2D eigenvalue weighted by atomic mass is 35.5. The summed E-state index contributed by atoms with van der Waals surface area (Å²) in [5, 5.41) is 4.33. The van der Waals surface area contributed by atoms with Gasteiger partial charge in [0.1, 0.15) is 0 Å². The quantitative estimate of drug-likeness (QED) is 0.725. The number of benzene rings is 1. The molecule has 0 saturated carbocycles. The molecule has 90 valence electrons. The highest BCUT2D eigenvalue weighted by Gasteiger charge is 2.03. The summed E-state index contributed by atoms with van der Waals surface area (Å²) in [6, 6.07) is 8.47. The van der Waals surface area contributed by atoms with Gasteiger partial charge in [-0.15, -0.1) is 0 Å². The van der Waals surface area contributed by atoms with E-state index in [4.69, 9.17) is 11.6 Å². The molecule has 0 bridgehead atoms. The van der Waals surface area contributed by atoms with Gasteiger partial charge in [0.15, 0.2) is 0 Å². The maximum absolute atomic E-state index is 5.86. The summed E-state index contributed by atoms with van der Waals surface area (Å²) in [7, 11) is 0. The third-order valence-electron chi connectivity index (χ3n) is 2.78. The minimum atomic E-state index is 0.407.